The fourth-order valence-corrected chi connectivity index (χ4v) is 6.84. The number of aliphatic hydroxyl groups excluding tert-OH is 2. The number of carbonyl (C=O) groups excluding carboxylic acids is 8. The molecule has 19 N–H and O–H groups in total. The van der Waals surface area contributed by atoms with Crippen LogP contribution in [0.3, 0.4) is 0 Å². The largest absolute Gasteiger partial charge is 0.481 e. The number of hydrogen-bond donors (Lipinski definition) is 16. The highest BCUT2D eigenvalue weighted by molar-refractivity contribution is 5.98. The van der Waals surface area contributed by atoms with E-state index in [4.69, 9.17) is 22.3 Å². The molecule has 1 heterocycles. The van der Waals surface area contributed by atoms with Crippen LogP contribution in [0.4, 0.5) is 0 Å². The normalized spacial score (nSPS) is 15.5. The molecule has 0 spiro atoms. The first kappa shape index (κ1) is 63.1. The van der Waals surface area contributed by atoms with Gasteiger partial charge in [-0.05, 0) is 49.9 Å². The van der Waals surface area contributed by atoms with Gasteiger partial charge in [0.25, 0.3) is 0 Å². The SMILES string of the molecule is CC(C)C[C@H](NC(=O)[C@@H](NC(=O)[C@@H](NC(=O)[C@@H](NC(=O)[C@H](Cc1cnc[nH]1)NC(=O)[C@H](CO)NC(=O)[C@@H](NC(=O)[C@@H](N)CC(=O)O)C(C)C)[C@@H](C)O)C(C)C)C(C)C)C(=O)N[C@@H](CCCN=C(N)N)C(=O)O. The summed E-state index contributed by atoms with van der Waals surface area (Å²) in [6, 6.07) is -13.2. The Hall–Kier alpha value is -6.94. The molecule has 1 rings (SSSR count). The van der Waals surface area contributed by atoms with Gasteiger partial charge < -0.3 is 85.1 Å². The topological polar surface area (TPSA) is 467 Å². The Morgan fingerprint density at radius 2 is 1.04 bits per heavy atom. The standard InChI is InChI=1S/C44H76N14O14/c1-19(2)13-27(36(64)51-26(43(71)72)11-10-12-49-44(46)47)53-39(67)32(21(5)6)56-41(69)33(22(7)8)57-42(70)34(23(9)60)58-37(65)28(14-24-16-48-18-50-24)52-38(66)29(17-59)54-40(68)31(20(3)4)55-35(63)25(45)15-30(61)62/h16,18-23,25-29,31-34,59-60H,10-15,17,45H2,1-9H3,(H,48,50)(H,51,64)(H,52,66)(H,53,67)(H,54,68)(H,55,63)(H,56,69)(H,57,70)(H,58,65)(H,61,62)(H,71,72)(H4,46,47,49)/t23-,25+,26+,27+,28+,29+,31+,32+,33+,34+/m1/s1. The highest BCUT2D eigenvalue weighted by Crippen LogP contribution is 2.12. The zero-order valence-corrected chi connectivity index (χ0v) is 42.2. The zero-order chi connectivity index (χ0) is 55.2. The Balaban J connectivity index is 3.32. The summed E-state index contributed by atoms with van der Waals surface area (Å²) in [5, 5.41) is 59.3. The second kappa shape index (κ2) is 30.7. The lowest BCUT2D eigenvalue weighted by Gasteiger charge is -2.30. The van der Waals surface area contributed by atoms with Crippen molar-refractivity contribution in [2.24, 2.45) is 45.9 Å². The van der Waals surface area contributed by atoms with Crippen LogP contribution in [-0.2, 0) is 54.4 Å². The zero-order valence-electron chi connectivity index (χ0n) is 42.2. The maximum absolute atomic E-state index is 13.9. The molecule has 10 atom stereocenters. The van der Waals surface area contributed by atoms with E-state index in [2.05, 4.69) is 57.5 Å². The van der Waals surface area contributed by atoms with Crippen molar-refractivity contribution in [3.05, 3.63) is 18.2 Å². The highest BCUT2D eigenvalue weighted by atomic mass is 16.4. The van der Waals surface area contributed by atoms with Crippen LogP contribution in [0.5, 0.6) is 0 Å². The van der Waals surface area contributed by atoms with E-state index in [1.807, 2.05) is 0 Å². The molecule has 0 aromatic carbocycles. The molecule has 0 saturated heterocycles. The molecule has 8 amide bonds. The van der Waals surface area contributed by atoms with Crippen LogP contribution in [-0.4, -0.2) is 169 Å². The summed E-state index contributed by atoms with van der Waals surface area (Å²) in [5.41, 5.74) is 16.6. The number of aliphatic hydroxyl groups is 2. The van der Waals surface area contributed by atoms with Gasteiger partial charge in [0.1, 0.15) is 48.3 Å². The Morgan fingerprint density at radius 1 is 0.611 bits per heavy atom. The third-order valence-electron chi connectivity index (χ3n) is 10.9. The number of nitrogens with two attached hydrogens (primary N) is 3. The number of imidazole rings is 1. The Kier molecular flexibility index (Phi) is 26.9. The van der Waals surface area contributed by atoms with Crippen molar-refractivity contribution < 1.29 is 68.4 Å². The first-order valence-corrected chi connectivity index (χ1v) is 23.5. The average molecular weight is 1030 g/mol. The number of nitrogens with zero attached hydrogens (tertiary/aromatic N) is 2. The number of carboxylic acid groups (broad SMARTS) is 2. The van der Waals surface area contributed by atoms with Gasteiger partial charge in [-0.15, -0.1) is 0 Å². The van der Waals surface area contributed by atoms with Crippen LogP contribution >= 0.6 is 0 Å². The van der Waals surface area contributed by atoms with Crippen molar-refractivity contribution >= 4 is 65.2 Å². The molecule has 0 aliphatic rings. The molecule has 0 unspecified atom stereocenters. The third kappa shape index (κ3) is 22.0. The summed E-state index contributed by atoms with van der Waals surface area (Å²) in [6.07, 6.45) is 0.226. The molecular formula is C44H76N14O14. The number of hydrogen-bond acceptors (Lipinski definition) is 15. The number of nitrogens with one attached hydrogen (secondary N) is 9. The lowest BCUT2D eigenvalue weighted by Crippen LogP contribution is -2.63. The predicted molar refractivity (Wildman–Crippen MR) is 258 cm³/mol. The molecule has 28 heteroatoms. The molecule has 0 aliphatic carbocycles. The summed E-state index contributed by atoms with van der Waals surface area (Å²) in [4.78, 5) is 142. The van der Waals surface area contributed by atoms with E-state index in [0.717, 1.165) is 0 Å². The lowest BCUT2D eigenvalue weighted by molar-refractivity contribution is -0.142. The maximum atomic E-state index is 13.9. The van der Waals surface area contributed by atoms with Crippen molar-refractivity contribution in [1.82, 2.24) is 52.5 Å². The predicted octanol–water partition coefficient (Wildman–Crippen LogP) is -4.84. The summed E-state index contributed by atoms with van der Waals surface area (Å²) in [6.45, 7) is 13.3. The minimum Gasteiger partial charge on any atom is -0.481 e. The smallest absolute Gasteiger partial charge is 0.326 e. The van der Waals surface area contributed by atoms with Gasteiger partial charge in [0.15, 0.2) is 5.96 Å². The first-order chi connectivity index (χ1) is 33.5. The molecule has 0 radical (unpaired) electrons. The van der Waals surface area contributed by atoms with E-state index in [-0.39, 0.29) is 44.1 Å². The number of amides is 8. The van der Waals surface area contributed by atoms with Crippen LogP contribution in [0.25, 0.3) is 0 Å². The number of guanidine groups is 1. The van der Waals surface area contributed by atoms with Gasteiger partial charge in [0, 0.05) is 24.9 Å². The van der Waals surface area contributed by atoms with Gasteiger partial charge in [-0.1, -0.05) is 55.4 Å². The van der Waals surface area contributed by atoms with Crippen molar-refractivity contribution in [3.63, 3.8) is 0 Å². The fourth-order valence-electron chi connectivity index (χ4n) is 6.84. The number of aromatic nitrogens is 2. The third-order valence-corrected chi connectivity index (χ3v) is 10.9. The van der Waals surface area contributed by atoms with E-state index < -0.39 is 150 Å². The lowest BCUT2D eigenvalue weighted by atomic mass is 9.97. The van der Waals surface area contributed by atoms with E-state index in [1.165, 1.54) is 33.3 Å². The molecule has 72 heavy (non-hydrogen) atoms. The molecule has 0 aliphatic heterocycles. The minimum atomic E-state index is -1.77. The number of H-pyrrole nitrogens is 1. The number of carbonyl (C=O) groups is 10. The van der Waals surface area contributed by atoms with Crippen LogP contribution < -0.4 is 59.7 Å². The molecule has 0 bridgehead atoms. The van der Waals surface area contributed by atoms with E-state index in [1.54, 1.807) is 41.5 Å². The van der Waals surface area contributed by atoms with E-state index in [0.29, 0.717) is 5.69 Å². The quantitative estimate of drug-likeness (QED) is 0.0183. The van der Waals surface area contributed by atoms with Crippen molar-refractivity contribution in [2.75, 3.05) is 13.2 Å². The van der Waals surface area contributed by atoms with Gasteiger partial charge in [0.05, 0.1) is 31.5 Å². The number of rotatable bonds is 32. The van der Waals surface area contributed by atoms with Gasteiger partial charge in [0.2, 0.25) is 47.3 Å². The second-order valence-corrected chi connectivity index (χ2v) is 18.7. The van der Waals surface area contributed by atoms with Crippen molar-refractivity contribution in [2.45, 2.75) is 155 Å². The molecular weight excluding hydrogens is 949 g/mol. The molecule has 0 fully saturated rings. The summed E-state index contributed by atoms with van der Waals surface area (Å²) in [7, 11) is 0. The van der Waals surface area contributed by atoms with Crippen LogP contribution in [0.1, 0.15) is 93.7 Å². The summed E-state index contributed by atoms with van der Waals surface area (Å²) < 4.78 is 0. The van der Waals surface area contributed by atoms with Gasteiger partial charge >= 0.3 is 11.9 Å². The molecule has 0 saturated carbocycles. The first-order valence-electron chi connectivity index (χ1n) is 23.5. The van der Waals surface area contributed by atoms with Crippen LogP contribution in [0.15, 0.2) is 17.5 Å². The fraction of sp³-hybridized carbons (Fsp3) is 0.682. The average Bonchev–Trinajstić information content (AvgIpc) is 3.79. The molecule has 1 aromatic rings. The summed E-state index contributed by atoms with van der Waals surface area (Å²) >= 11 is 0. The Labute approximate surface area is 417 Å². The number of aliphatic imine (C=N–C) groups is 1. The summed E-state index contributed by atoms with van der Waals surface area (Å²) in [5.74, 6) is -12.5. The molecule has 28 nitrogen and oxygen atoms in total. The molecule has 406 valence electrons. The van der Waals surface area contributed by atoms with E-state index >= 15 is 0 Å². The minimum absolute atomic E-state index is 0.0254. The van der Waals surface area contributed by atoms with Crippen LogP contribution in [0, 0.1) is 23.7 Å². The Morgan fingerprint density at radius 3 is 1.47 bits per heavy atom. The van der Waals surface area contributed by atoms with Gasteiger partial charge in [-0.3, -0.25) is 48.1 Å². The highest BCUT2D eigenvalue weighted by Gasteiger charge is 2.38. The number of aliphatic carboxylic acids is 2. The monoisotopic (exact) mass is 1020 g/mol. The van der Waals surface area contributed by atoms with Crippen molar-refractivity contribution in [1.29, 1.82) is 0 Å². The maximum Gasteiger partial charge on any atom is 0.326 e. The molecule has 1 aromatic heterocycles. The van der Waals surface area contributed by atoms with Gasteiger partial charge in [-0.25, -0.2) is 9.78 Å². The Bertz CT molecular complexity index is 2030. The van der Waals surface area contributed by atoms with Crippen molar-refractivity contribution in [3.8, 4) is 0 Å². The van der Waals surface area contributed by atoms with Crippen LogP contribution in [0.2, 0.25) is 0 Å². The van der Waals surface area contributed by atoms with Gasteiger partial charge in [-0.2, -0.15) is 0 Å². The number of aromatic amines is 1. The number of carboxylic acids is 2. The van der Waals surface area contributed by atoms with E-state index in [9.17, 15) is 63.3 Å². The second-order valence-electron chi connectivity index (χ2n) is 18.7.